The number of carbonyl (C=O) groups excluding carboxylic acids is 2. The fourth-order valence-corrected chi connectivity index (χ4v) is 4.68. The van der Waals surface area contributed by atoms with E-state index in [4.69, 9.17) is 4.74 Å². The number of carbonyl (C=O) groups is 3. The molecule has 7 nitrogen and oxygen atoms in total. The first-order chi connectivity index (χ1) is 10.1. The summed E-state index contributed by atoms with van der Waals surface area (Å²) in [5.74, 6) is -5.84. The van der Waals surface area contributed by atoms with Gasteiger partial charge < -0.3 is 20.1 Å². The number of carboxylic acids is 1. The number of aliphatic carboxylic acids is 1. The number of hydrogen-bond donors (Lipinski definition) is 3. The van der Waals surface area contributed by atoms with Crippen molar-refractivity contribution in [3.8, 4) is 0 Å². The normalized spacial score (nSPS) is 46.2. The van der Waals surface area contributed by atoms with Crippen molar-refractivity contribution in [1.29, 1.82) is 0 Å². The Kier molecular flexibility index (Phi) is 2.54. The Morgan fingerprint density at radius 2 is 1.91 bits per heavy atom. The Balaban J connectivity index is 2.45. The lowest BCUT2D eigenvalue weighted by atomic mass is 9.55. The molecular weight excluding hydrogens is 292 g/mol. The minimum absolute atomic E-state index is 0.0322. The second-order valence-corrected chi connectivity index (χ2v) is 6.46. The highest BCUT2D eigenvalue weighted by atomic mass is 16.5. The number of carboxylic acid groups (broad SMARTS) is 1. The molecule has 1 saturated carbocycles. The van der Waals surface area contributed by atoms with Gasteiger partial charge in [-0.3, -0.25) is 14.4 Å². The smallest absolute Gasteiger partial charge is 0.308 e. The van der Waals surface area contributed by atoms with Crippen LogP contribution in [0.15, 0.2) is 23.7 Å². The molecule has 118 valence electrons. The van der Waals surface area contributed by atoms with Crippen LogP contribution in [0.3, 0.4) is 0 Å². The number of hydrogen-bond acceptors (Lipinski definition) is 6. The molecule has 0 radical (unpaired) electrons. The van der Waals surface area contributed by atoms with Gasteiger partial charge in [0, 0.05) is 17.4 Å². The van der Waals surface area contributed by atoms with E-state index in [1.807, 2.05) is 0 Å². The number of ketones is 2. The third-order valence-electron chi connectivity index (χ3n) is 5.71. The lowest BCUT2D eigenvalue weighted by Gasteiger charge is -2.49. The maximum absolute atomic E-state index is 12.5. The van der Waals surface area contributed by atoms with Gasteiger partial charge in [0.2, 0.25) is 5.78 Å². The summed E-state index contributed by atoms with van der Waals surface area (Å²) in [6.45, 7) is 2.69. The second kappa shape index (κ2) is 3.78. The fraction of sp³-hybridized carbons (Fsp3) is 0.533. The van der Waals surface area contributed by atoms with Crippen molar-refractivity contribution in [1.82, 2.24) is 0 Å². The molecule has 0 spiro atoms. The highest BCUT2D eigenvalue weighted by molar-refractivity contribution is 6.13. The first-order valence-electron chi connectivity index (χ1n) is 6.79. The van der Waals surface area contributed by atoms with Gasteiger partial charge in [-0.25, -0.2) is 0 Å². The Bertz CT molecular complexity index is 690. The third-order valence-corrected chi connectivity index (χ3v) is 5.71. The molecular formula is C15H16O7. The maximum Gasteiger partial charge on any atom is 0.308 e. The zero-order chi connectivity index (χ0) is 16.7. The molecule has 0 aliphatic heterocycles. The predicted octanol–water partition coefficient (Wildman–Crippen LogP) is 0.198. The van der Waals surface area contributed by atoms with Crippen LogP contribution >= 0.6 is 0 Å². The first kappa shape index (κ1) is 14.8. The largest absolute Gasteiger partial charge is 0.505 e. The molecule has 0 aromatic rings. The van der Waals surface area contributed by atoms with E-state index >= 15 is 0 Å². The summed E-state index contributed by atoms with van der Waals surface area (Å²) in [5, 5.41) is 30.7. The van der Waals surface area contributed by atoms with E-state index in [2.05, 4.69) is 0 Å². The molecule has 3 aliphatic carbocycles. The number of ether oxygens (including phenoxy) is 1. The monoisotopic (exact) mass is 308 g/mol. The van der Waals surface area contributed by atoms with Gasteiger partial charge in [-0.05, 0) is 13.0 Å². The molecule has 3 rings (SSSR count). The van der Waals surface area contributed by atoms with Gasteiger partial charge in [0.1, 0.15) is 11.4 Å². The summed E-state index contributed by atoms with van der Waals surface area (Å²) in [6, 6.07) is 0. The molecule has 22 heavy (non-hydrogen) atoms. The summed E-state index contributed by atoms with van der Waals surface area (Å²) in [5.41, 5.74) is -5.65. The molecule has 5 atom stereocenters. The lowest BCUT2D eigenvalue weighted by molar-refractivity contribution is -0.173. The van der Waals surface area contributed by atoms with Crippen molar-refractivity contribution in [2.24, 2.45) is 22.7 Å². The van der Waals surface area contributed by atoms with Crippen LogP contribution in [0.25, 0.3) is 0 Å². The molecule has 0 aromatic carbocycles. The SMILES string of the molecule is COC1=CC(=O)C2(O)C3(C)C=C(O)C(=O)C2(C)C1C3C(=O)O. The molecule has 7 heteroatoms. The van der Waals surface area contributed by atoms with Gasteiger partial charge in [0.05, 0.1) is 18.4 Å². The fourth-order valence-electron chi connectivity index (χ4n) is 4.68. The molecule has 5 unspecified atom stereocenters. The van der Waals surface area contributed by atoms with Gasteiger partial charge >= 0.3 is 5.97 Å². The van der Waals surface area contributed by atoms with Gasteiger partial charge in [0.15, 0.2) is 11.5 Å². The van der Waals surface area contributed by atoms with Crippen molar-refractivity contribution in [3.63, 3.8) is 0 Å². The van der Waals surface area contributed by atoms with Crippen molar-refractivity contribution < 1.29 is 34.4 Å². The zero-order valence-corrected chi connectivity index (χ0v) is 12.3. The van der Waals surface area contributed by atoms with E-state index in [9.17, 15) is 29.7 Å². The van der Waals surface area contributed by atoms with Crippen molar-refractivity contribution in [2.75, 3.05) is 7.11 Å². The van der Waals surface area contributed by atoms with Crippen LogP contribution in [0.4, 0.5) is 0 Å². The number of methoxy groups -OCH3 is 1. The topological polar surface area (TPSA) is 121 Å². The Morgan fingerprint density at radius 1 is 1.32 bits per heavy atom. The average molecular weight is 308 g/mol. The van der Waals surface area contributed by atoms with Gasteiger partial charge in [-0.2, -0.15) is 0 Å². The quantitative estimate of drug-likeness (QED) is 0.666. The summed E-state index contributed by atoms with van der Waals surface area (Å²) < 4.78 is 5.13. The predicted molar refractivity (Wildman–Crippen MR) is 71.6 cm³/mol. The van der Waals surface area contributed by atoms with Crippen LogP contribution in [0.2, 0.25) is 0 Å². The van der Waals surface area contributed by atoms with E-state index in [0.29, 0.717) is 0 Å². The second-order valence-electron chi connectivity index (χ2n) is 6.46. The number of allylic oxidation sites excluding steroid dienone is 2. The van der Waals surface area contributed by atoms with Crippen LogP contribution in [-0.2, 0) is 19.1 Å². The van der Waals surface area contributed by atoms with Crippen molar-refractivity contribution in [3.05, 3.63) is 23.7 Å². The van der Waals surface area contributed by atoms with Crippen LogP contribution in [0.5, 0.6) is 0 Å². The van der Waals surface area contributed by atoms with Crippen molar-refractivity contribution >= 4 is 17.5 Å². The maximum atomic E-state index is 12.5. The number of aliphatic hydroxyl groups is 2. The molecule has 3 N–H and O–H groups in total. The summed E-state index contributed by atoms with van der Waals surface area (Å²) in [7, 11) is 1.27. The van der Waals surface area contributed by atoms with E-state index in [-0.39, 0.29) is 5.76 Å². The summed E-state index contributed by atoms with van der Waals surface area (Å²) in [6.07, 6.45) is 2.05. The molecule has 0 amide bonds. The summed E-state index contributed by atoms with van der Waals surface area (Å²) >= 11 is 0. The highest BCUT2D eigenvalue weighted by Gasteiger charge is 2.83. The number of aliphatic hydroxyl groups excluding tert-OH is 1. The van der Waals surface area contributed by atoms with Crippen LogP contribution in [0.1, 0.15) is 13.8 Å². The van der Waals surface area contributed by atoms with Gasteiger partial charge in [-0.15, -0.1) is 0 Å². The third kappa shape index (κ3) is 1.13. The van der Waals surface area contributed by atoms with E-state index in [1.165, 1.54) is 21.0 Å². The molecule has 0 saturated heterocycles. The van der Waals surface area contributed by atoms with E-state index in [0.717, 1.165) is 12.2 Å². The standard InChI is InChI=1S/C15H16O7/c1-13-5-6(16)11(18)14(2)9(10(13)12(19)20)7(22-3)4-8(17)15(13,14)21/h4-5,9-10,16,21H,1-3H3,(H,19,20). The molecule has 0 heterocycles. The Morgan fingerprint density at radius 3 is 2.41 bits per heavy atom. The van der Waals surface area contributed by atoms with E-state index in [1.54, 1.807) is 0 Å². The Hall–Kier alpha value is -2.15. The molecule has 3 aliphatic rings. The van der Waals surface area contributed by atoms with Crippen LogP contribution in [0, 0.1) is 22.7 Å². The minimum atomic E-state index is -2.24. The molecule has 4 bridgehead atoms. The minimum Gasteiger partial charge on any atom is -0.505 e. The van der Waals surface area contributed by atoms with Crippen molar-refractivity contribution in [2.45, 2.75) is 19.4 Å². The van der Waals surface area contributed by atoms with Gasteiger partial charge in [0.25, 0.3) is 0 Å². The first-order valence-corrected chi connectivity index (χ1v) is 6.79. The zero-order valence-electron chi connectivity index (χ0n) is 12.3. The van der Waals surface area contributed by atoms with Gasteiger partial charge in [-0.1, -0.05) is 6.92 Å². The summed E-state index contributed by atoms with van der Waals surface area (Å²) in [4.78, 5) is 36.9. The Labute approximate surface area is 125 Å². The lowest BCUT2D eigenvalue weighted by Crippen LogP contribution is -2.65. The number of rotatable bonds is 2. The number of Topliss-reactive ketones (excluding diaryl/α,β-unsaturated/α-hetero) is 1. The highest BCUT2D eigenvalue weighted by Crippen LogP contribution is 2.70. The molecule has 1 fully saturated rings. The average Bonchev–Trinajstić information content (AvgIpc) is 2.49. The van der Waals surface area contributed by atoms with Crippen LogP contribution < -0.4 is 0 Å². The van der Waals surface area contributed by atoms with E-state index < -0.39 is 51.6 Å². The molecule has 0 aromatic heterocycles. The van der Waals surface area contributed by atoms with Crippen LogP contribution in [-0.4, -0.2) is 45.6 Å².